The number of hydrogen-bond acceptors (Lipinski definition) is 4. The largest absolute Gasteiger partial charge is 0.301 e. The van der Waals surface area contributed by atoms with Gasteiger partial charge >= 0.3 is 10.2 Å². The van der Waals surface area contributed by atoms with Gasteiger partial charge in [-0.05, 0) is 37.5 Å². The Hall–Kier alpha value is -1.16. The van der Waals surface area contributed by atoms with E-state index in [-0.39, 0.29) is 4.90 Å². The van der Waals surface area contributed by atoms with Crippen molar-refractivity contribution >= 4 is 25.9 Å². The first kappa shape index (κ1) is 18.2. The second-order valence-corrected chi connectivity index (χ2v) is 9.65. The van der Waals surface area contributed by atoms with Gasteiger partial charge in [0.15, 0.2) is 0 Å². The maximum atomic E-state index is 12.5. The van der Waals surface area contributed by atoms with E-state index in [1.807, 2.05) is 0 Å². The van der Waals surface area contributed by atoms with Gasteiger partial charge in [-0.1, -0.05) is 12.5 Å². The molecule has 130 valence electrons. The highest BCUT2D eigenvalue weighted by molar-refractivity contribution is 7.90. The second-order valence-electron chi connectivity index (χ2n) is 5.83. The first-order valence-corrected chi connectivity index (χ1v) is 10.3. The molecular formula is C14H23N3O4S2. The lowest BCUT2D eigenvalue weighted by Gasteiger charge is -2.26. The molecule has 0 bridgehead atoms. The van der Waals surface area contributed by atoms with Crippen LogP contribution in [-0.2, 0) is 20.2 Å². The minimum Gasteiger partial charge on any atom is -0.271 e. The number of anilines is 1. The van der Waals surface area contributed by atoms with Gasteiger partial charge in [0.1, 0.15) is 0 Å². The molecule has 1 fully saturated rings. The van der Waals surface area contributed by atoms with Gasteiger partial charge in [-0.3, -0.25) is 4.72 Å². The number of nitrogens with one attached hydrogen (secondary N) is 1. The summed E-state index contributed by atoms with van der Waals surface area (Å²) in [5.41, 5.74) is 0.960. The predicted octanol–water partition coefficient (Wildman–Crippen LogP) is 1.39. The highest BCUT2D eigenvalue weighted by Gasteiger charge is 2.25. The molecule has 1 aromatic rings. The van der Waals surface area contributed by atoms with Crippen LogP contribution >= 0.6 is 0 Å². The van der Waals surface area contributed by atoms with Crippen molar-refractivity contribution in [3.63, 3.8) is 0 Å². The number of benzene rings is 1. The van der Waals surface area contributed by atoms with Crippen LogP contribution in [0.4, 0.5) is 5.69 Å². The van der Waals surface area contributed by atoms with E-state index in [0.717, 1.165) is 23.6 Å². The molecule has 1 N–H and O–H groups in total. The standard InChI is InChI=1S/C14H23N3O4S2/c1-12-7-8-13(22(18,19)16(2)3)11-14(12)15-23(20,21)17-9-5-4-6-10-17/h7-8,11,15H,4-6,9-10H2,1-3H3. The molecule has 0 amide bonds. The Bertz CT molecular complexity index is 767. The topological polar surface area (TPSA) is 86.8 Å². The van der Waals surface area contributed by atoms with Crippen molar-refractivity contribution in [2.24, 2.45) is 0 Å². The summed E-state index contributed by atoms with van der Waals surface area (Å²) in [5.74, 6) is 0. The zero-order chi connectivity index (χ0) is 17.3. The molecule has 7 nitrogen and oxygen atoms in total. The number of piperidine rings is 1. The van der Waals surface area contributed by atoms with Crippen molar-refractivity contribution in [1.82, 2.24) is 8.61 Å². The van der Waals surface area contributed by atoms with Crippen molar-refractivity contribution in [3.8, 4) is 0 Å². The fourth-order valence-corrected chi connectivity index (χ4v) is 4.69. The Balaban J connectivity index is 2.33. The van der Waals surface area contributed by atoms with Crippen LogP contribution in [0.5, 0.6) is 0 Å². The van der Waals surface area contributed by atoms with Crippen molar-refractivity contribution in [3.05, 3.63) is 23.8 Å². The van der Waals surface area contributed by atoms with Gasteiger partial charge in [0, 0.05) is 27.2 Å². The maximum Gasteiger partial charge on any atom is 0.301 e. The summed E-state index contributed by atoms with van der Waals surface area (Å²) in [7, 11) is -4.40. The Morgan fingerprint density at radius 1 is 1.04 bits per heavy atom. The van der Waals surface area contributed by atoms with Gasteiger partial charge in [-0.15, -0.1) is 0 Å². The molecule has 1 aliphatic heterocycles. The average molecular weight is 361 g/mol. The van der Waals surface area contributed by atoms with Gasteiger partial charge in [0.05, 0.1) is 10.6 Å². The second kappa shape index (κ2) is 6.76. The van der Waals surface area contributed by atoms with Crippen molar-refractivity contribution in [2.75, 3.05) is 31.9 Å². The number of nitrogens with zero attached hydrogens (tertiary/aromatic N) is 2. The molecule has 0 aliphatic carbocycles. The van der Waals surface area contributed by atoms with Crippen LogP contribution in [0.2, 0.25) is 0 Å². The van der Waals surface area contributed by atoms with Gasteiger partial charge in [0.2, 0.25) is 10.0 Å². The summed E-state index contributed by atoms with van der Waals surface area (Å²) in [4.78, 5) is 0.0597. The fourth-order valence-electron chi connectivity index (χ4n) is 2.39. The lowest BCUT2D eigenvalue weighted by molar-refractivity contribution is 0.349. The van der Waals surface area contributed by atoms with Crippen LogP contribution < -0.4 is 4.72 Å². The highest BCUT2D eigenvalue weighted by Crippen LogP contribution is 2.24. The molecule has 1 heterocycles. The van der Waals surface area contributed by atoms with E-state index >= 15 is 0 Å². The summed E-state index contributed by atoms with van der Waals surface area (Å²) in [6.07, 6.45) is 2.71. The molecular weight excluding hydrogens is 338 g/mol. The van der Waals surface area contributed by atoms with E-state index in [0.29, 0.717) is 24.3 Å². The monoisotopic (exact) mass is 361 g/mol. The van der Waals surface area contributed by atoms with E-state index in [4.69, 9.17) is 0 Å². The lowest BCUT2D eigenvalue weighted by atomic mass is 10.2. The molecule has 23 heavy (non-hydrogen) atoms. The fraction of sp³-hybridized carbons (Fsp3) is 0.571. The first-order chi connectivity index (χ1) is 10.6. The Morgan fingerprint density at radius 3 is 2.22 bits per heavy atom. The first-order valence-electron chi connectivity index (χ1n) is 7.45. The summed E-state index contributed by atoms with van der Waals surface area (Å²) < 4.78 is 54.3. The number of aryl methyl sites for hydroxylation is 1. The SMILES string of the molecule is Cc1ccc(S(=O)(=O)N(C)C)cc1NS(=O)(=O)N1CCCCC1. The molecule has 9 heteroatoms. The van der Waals surface area contributed by atoms with E-state index in [1.165, 1.54) is 30.5 Å². The van der Waals surface area contributed by atoms with Gasteiger partial charge in [-0.2, -0.15) is 12.7 Å². The Morgan fingerprint density at radius 2 is 1.65 bits per heavy atom. The van der Waals surface area contributed by atoms with E-state index < -0.39 is 20.2 Å². The van der Waals surface area contributed by atoms with Crippen LogP contribution in [0.25, 0.3) is 0 Å². The summed E-state index contributed by atoms with van der Waals surface area (Å²) >= 11 is 0. The quantitative estimate of drug-likeness (QED) is 0.858. The van der Waals surface area contributed by atoms with Crippen LogP contribution in [0, 0.1) is 6.92 Å². The smallest absolute Gasteiger partial charge is 0.271 e. The number of rotatable bonds is 5. The maximum absolute atomic E-state index is 12.5. The van der Waals surface area contributed by atoms with E-state index in [1.54, 1.807) is 13.0 Å². The zero-order valence-corrected chi connectivity index (χ0v) is 15.2. The average Bonchev–Trinajstić information content (AvgIpc) is 2.50. The van der Waals surface area contributed by atoms with E-state index in [9.17, 15) is 16.8 Å². The van der Waals surface area contributed by atoms with E-state index in [2.05, 4.69) is 4.72 Å². The van der Waals surface area contributed by atoms with Gasteiger partial charge in [-0.25, -0.2) is 12.7 Å². The van der Waals surface area contributed by atoms with Crippen LogP contribution in [0.15, 0.2) is 23.1 Å². The normalized spacial score (nSPS) is 17.4. The third-order valence-electron chi connectivity index (χ3n) is 3.88. The molecule has 0 saturated carbocycles. The molecule has 1 aliphatic rings. The summed E-state index contributed by atoms with van der Waals surface area (Å²) in [6.45, 7) is 2.72. The molecule has 1 saturated heterocycles. The number of sulfonamides is 1. The highest BCUT2D eigenvalue weighted by atomic mass is 32.2. The molecule has 0 unspecified atom stereocenters. The summed E-state index contributed by atoms with van der Waals surface area (Å²) in [6, 6.07) is 4.44. The molecule has 0 atom stereocenters. The van der Waals surface area contributed by atoms with Crippen molar-refractivity contribution in [2.45, 2.75) is 31.1 Å². The predicted molar refractivity (Wildman–Crippen MR) is 90.0 cm³/mol. The molecule has 0 aromatic heterocycles. The molecule has 2 rings (SSSR count). The number of hydrogen-bond donors (Lipinski definition) is 1. The Kier molecular flexibility index (Phi) is 5.34. The van der Waals surface area contributed by atoms with Crippen LogP contribution in [-0.4, -0.2) is 52.6 Å². The third kappa shape index (κ3) is 4.03. The minimum atomic E-state index is -3.67. The van der Waals surface area contributed by atoms with Crippen LogP contribution in [0.1, 0.15) is 24.8 Å². The van der Waals surface area contributed by atoms with Gasteiger partial charge in [0.25, 0.3) is 0 Å². The molecule has 1 aromatic carbocycles. The van der Waals surface area contributed by atoms with Crippen molar-refractivity contribution < 1.29 is 16.8 Å². The summed E-state index contributed by atoms with van der Waals surface area (Å²) in [5, 5.41) is 0. The van der Waals surface area contributed by atoms with Crippen molar-refractivity contribution in [1.29, 1.82) is 0 Å². The lowest BCUT2D eigenvalue weighted by Crippen LogP contribution is -2.39. The Labute approximate surface area is 138 Å². The third-order valence-corrected chi connectivity index (χ3v) is 7.22. The van der Waals surface area contributed by atoms with Gasteiger partial charge < -0.3 is 0 Å². The molecule has 0 radical (unpaired) electrons. The minimum absolute atomic E-state index is 0.0597. The molecule has 0 spiro atoms. The zero-order valence-electron chi connectivity index (χ0n) is 13.6. The van der Waals surface area contributed by atoms with Crippen LogP contribution in [0.3, 0.4) is 0 Å².